The molecule has 3 aromatic carbocycles. The van der Waals surface area contributed by atoms with Gasteiger partial charge in [0, 0.05) is 11.6 Å². The predicted octanol–water partition coefficient (Wildman–Crippen LogP) is 4.83. The van der Waals surface area contributed by atoms with Gasteiger partial charge in [-0.05, 0) is 35.9 Å². The average molecular weight is 460 g/mol. The van der Waals surface area contributed by atoms with Gasteiger partial charge in [-0.1, -0.05) is 42.5 Å². The lowest BCUT2D eigenvalue weighted by atomic mass is 10.0. The molecule has 4 aromatic rings. The van der Waals surface area contributed by atoms with Gasteiger partial charge in [-0.2, -0.15) is 5.10 Å². The van der Waals surface area contributed by atoms with Gasteiger partial charge in [0.2, 0.25) is 0 Å². The number of esters is 2. The molecule has 0 saturated heterocycles. The molecule has 7 nitrogen and oxygen atoms in total. The van der Waals surface area contributed by atoms with E-state index in [9.17, 15) is 14.0 Å². The first-order valence-corrected chi connectivity index (χ1v) is 10.3. The van der Waals surface area contributed by atoms with E-state index in [0.29, 0.717) is 17.0 Å². The minimum absolute atomic E-state index is 0.0126. The first-order chi connectivity index (χ1) is 16.5. The Labute approximate surface area is 195 Å². The average Bonchev–Trinajstić information content (AvgIpc) is 3.28. The molecular weight excluding hydrogens is 439 g/mol. The van der Waals surface area contributed by atoms with Crippen LogP contribution in [-0.4, -0.2) is 35.9 Å². The Morgan fingerprint density at radius 2 is 1.62 bits per heavy atom. The van der Waals surface area contributed by atoms with Crippen LogP contribution in [0.2, 0.25) is 0 Å². The lowest BCUT2D eigenvalue weighted by Crippen LogP contribution is -2.15. The Balaban J connectivity index is 1.79. The molecule has 0 aliphatic heterocycles. The maximum absolute atomic E-state index is 13.4. The van der Waals surface area contributed by atoms with Gasteiger partial charge in [-0.3, -0.25) is 0 Å². The molecule has 172 valence electrons. The number of benzene rings is 3. The molecule has 0 N–H and O–H groups in total. The number of aromatic nitrogens is 2. The van der Waals surface area contributed by atoms with Gasteiger partial charge in [-0.15, -0.1) is 0 Å². The lowest BCUT2D eigenvalue weighted by Gasteiger charge is -2.08. The minimum atomic E-state index is -0.728. The summed E-state index contributed by atoms with van der Waals surface area (Å²) in [5.41, 5.74) is 2.10. The number of ether oxygens (including phenoxy) is 3. The van der Waals surface area contributed by atoms with Gasteiger partial charge in [-0.25, -0.2) is 18.7 Å². The van der Waals surface area contributed by atoms with Crippen molar-refractivity contribution < 1.29 is 28.2 Å². The SMILES string of the molecule is COC(=O)c1c(-c2cccc(COc3cccc(F)c3)c2)nn(-c2ccccc2)c1C(=O)OC. The van der Waals surface area contributed by atoms with E-state index in [0.717, 1.165) is 5.56 Å². The highest BCUT2D eigenvalue weighted by molar-refractivity contribution is 6.06. The highest BCUT2D eigenvalue weighted by Gasteiger charge is 2.31. The van der Waals surface area contributed by atoms with Crippen molar-refractivity contribution in [1.82, 2.24) is 9.78 Å². The zero-order valence-electron chi connectivity index (χ0n) is 18.5. The van der Waals surface area contributed by atoms with E-state index in [2.05, 4.69) is 5.10 Å². The Hall–Kier alpha value is -4.46. The second-order valence-corrected chi connectivity index (χ2v) is 7.25. The molecule has 4 rings (SSSR count). The van der Waals surface area contributed by atoms with Crippen LogP contribution in [-0.2, 0) is 16.1 Å². The molecule has 0 saturated carbocycles. The number of carbonyl (C=O) groups is 2. The van der Waals surface area contributed by atoms with E-state index in [4.69, 9.17) is 14.2 Å². The molecule has 8 heteroatoms. The molecule has 0 fully saturated rings. The van der Waals surface area contributed by atoms with Crippen molar-refractivity contribution in [3.63, 3.8) is 0 Å². The van der Waals surface area contributed by atoms with Crippen molar-refractivity contribution in [1.29, 1.82) is 0 Å². The summed E-state index contributed by atoms with van der Waals surface area (Å²) in [7, 11) is 2.46. The van der Waals surface area contributed by atoms with Crippen LogP contribution in [0.1, 0.15) is 26.4 Å². The van der Waals surface area contributed by atoms with Crippen LogP contribution in [0.4, 0.5) is 4.39 Å². The summed E-state index contributed by atoms with van der Waals surface area (Å²) in [6.07, 6.45) is 0. The summed E-state index contributed by atoms with van der Waals surface area (Å²) >= 11 is 0. The van der Waals surface area contributed by atoms with Crippen molar-refractivity contribution in [2.24, 2.45) is 0 Å². The number of para-hydroxylation sites is 1. The summed E-state index contributed by atoms with van der Waals surface area (Å²) in [6.45, 7) is 0.161. The summed E-state index contributed by atoms with van der Waals surface area (Å²) in [6, 6.07) is 21.9. The largest absolute Gasteiger partial charge is 0.489 e. The first kappa shape index (κ1) is 22.7. The van der Waals surface area contributed by atoms with Crippen molar-refractivity contribution >= 4 is 11.9 Å². The molecule has 0 atom stereocenters. The van der Waals surface area contributed by atoms with Crippen LogP contribution in [0.15, 0.2) is 78.9 Å². The Morgan fingerprint density at radius 3 is 2.32 bits per heavy atom. The topological polar surface area (TPSA) is 79.7 Å². The maximum atomic E-state index is 13.4. The fraction of sp³-hybridized carbons (Fsp3) is 0.115. The first-order valence-electron chi connectivity index (χ1n) is 10.3. The number of carbonyl (C=O) groups excluding carboxylic acids is 2. The molecule has 1 aromatic heterocycles. The fourth-order valence-corrected chi connectivity index (χ4v) is 3.49. The Morgan fingerprint density at radius 1 is 0.882 bits per heavy atom. The van der Waals surface area contributed by atoms with E-state index in [1.807, 2.05) is 12.1 Å². The van der Waals surface area contributed by atoms with E-state index in [1.54, 1.807) is 54.6 Å². The van der Waals surface area contributed by atoms with Crippen molar-refractivity contribution in [3.8, 4) is 22.7 Å². The highest BCUT2D eigenvalue weighted by atomic mass is 19.1. The second kappa shape index (κ2) is 9.99. The van der Waals surface area contributed by atoms with Gasteiger partial charge in [0.25, 0.3) is 0 Å². The third-order valence-electron chi connectivity index (χ3n) is 5.06. The van der Waals surface area contributed by atoms with Crippen molar-refractivity contribution in [2.75, 3.05) is 14.2 Å². The molecule has 0 aliphatic rings. The van der Waals surface area contributed by atoms with Crippen LogP contribution in [0.3, 0.4) is 0 Å². The smallest absolute Gasteiger partial charge is 0.357 e. The third kappa shape index (κ3) is 4.66. The standard InChI is InChI=1S/C26H21FN2O5/c1-32-25(30)22-23(28-29(24(22)26(31)33-2)20-11-4-3-5-12-20)18-9-6-8-17(14-18)16-34-21-13-7-10-19(27)15-21/h3-15H,16H2,1-2H3. The Bertz CT molecular complexity index is 1330. The monoisotopic (exact) mass is 460 g/mol. The molecule has 0 aliphatic carbocycles. The molecule has 1 heterocycles. The van der Waals surface area contributed by atoms with E-state index < -0.39 is 17.8 Å². The molecule has 0 bridgehead atoms. The van der Waals surface area contributed by atoms with E-state index in [1.165, 1.54) is 31.0 Å². The zero-order valence-corrected chi connectivity index (χ0v) is 18.5. The maximum Gasteiger partial charge on any atom is 0.357 e. The van der Waals surface area contributed by atoms with Gasteiger partial charge in [0.1, 0.15) is 29.4 Å². The number of methoxy groups -OCH3 is 2. The van der Waals surface area contributed by atoms with Crippen molar-refractivity contribution in [2.45, 2.75) is 6.61 Å². The fourth-order valence-electron chi connectivity index (χ4n) is 3.49. The molecule has 0 radical (unpaired) electrons. The van der Waals surface area contributed by atoms with Crippen LogP contribution < -0.4 is 4.74 Å². The molecule has 34 heavy (non-hydrogen) atoms. The van der Waals surface area contributed by atoms with E-state index >= 15 is 0 Å². The van der Waals surface area contributed by atoms with Crippen LogP contribution in [0.25, 0.3) is 16.9 Å². The summed E-state index contributed by atoms with van der Waals surface area (Å²) in [5.74, 6) is -1.45. The molecule has 0 unspecified atom stereocenters. The number of halogens is 1. The summed E-state index contributed by atoms with van der Waals surface area (Å²) in [5, 5.41) is 4.58. The second-order valence-electron chi connectivity index (χ2n) is 7.25. The zero-order chi connectivity index (χ0) is 24.1. The quantitative estimate of drug-likeness (QED) is 0.368. The van der Waals surface area contributed by atoms with Gasteiger partial charge in [0.15, 0.2) is 5.69 Å². The summed E-state index contributed by atoms with van der Waals surface area (Å²) < 4.78 is 30.4. The van der Waals surface area contributed by atoms with Gasteiger partial charge >= 0.3 is 11.9 Å². The number of rotatable bonds is 7. The Kier molecular flexibility index (Phi) is 6.68. The molecule has 0 amide bonds. The van der Waals surface area contributed by atoms with Gasteiger partial charge in [0.05, 0.1) is 19.9 Å². The lowest BCUT2D eigenvalue weighted by molar-refractivity contribution is 0.0549. The van der Waals surface area contributed by atoms with Crippen LogP contribution in [0, 0.1) is 5.82 Å². The minimum Gasteiger partial charge on any atom is -0.489 e. The number of hydrogen-bond donors (Lipinski definition) is 0. The van der Waals surface area contributed by atoms with Gasteiger partial charge < -0.3 is 14.2 Å². The number of hydrogen-bond acceptors (Lipinski definition) is 6. The highest BCUT2D eigenvalue weighted by Crippen LogP contribution is 2.30. The third-order valence-corrected chi connectivity index (χ3v) is 5.06. The normalized spacial score (nSPS) is 10.6. The van der Waals surface area contributed by atoms with Crippen LogP contribution >= 0.6 is 0 Å². The molecule has 0 spiro atoms. The predicted molar refractivity (Wildman–Crippen MR) is 122 cm³/mol. The molecular formula is C26H21FN2O5. The van der Waals surface area contributed by atoms with E-state index in [-0.39, 0.29) is 23.6 Å². The summed E-state index contributed by atoms with van der Waals surface area (Å²) in [4.78, 5) is 25.5. The van der Waals surface area contributed by atoms with Crippen molar-refractivity contribution in [3.05, 3.63) is 102 Å². The van der Waals surface area contributed by atoms with Crippen LogP contribution in [0.5, 0.6) is 5.75 Å². The number of nitrogens with zero attached hydrogens (tertiary/aromatic N) is 2.